The summed E-state index contributed by atoms with van der Waals surface area (Å²) in [6.45, 7) is 12.8. The third-order valence-electron chi connectivity index (χ3n) is 11.2. The van der Waals surface area contributed by atoms with E-state index in [1.54, 1.807) is 0 Å². The van der Waals surface area contributed by atoms with Crippen molar-refractivity contribution in [1.29, 1.82) is 0 Å². The topological polar surface area (TPSA) is 91.3 Å². The zero-order valence-electron chi connectivity index (χ0n) is 34.2. The maximum atomic E-state index is 11.7. The second-order valence-electron chi connectivity index (χ2n) is 15.5. The summed E-state index contributed by atoms with van der Waals surface area (Å²) in [5.74, 6) is 0. The van der Waals surface area contributed by atoms with Gasteiger partial charge in [0.25, 0.3) is 0 Å². The van der Waals surface area contributed by atoms with E-state index in [9.17, 15) is 9.90 Å². The second kappa shape index (κ2) is 15.8. The van der Waals surface area contributed by atoms with Gasteiger partial charge in [0.05, 0.1) is 29.4 Å². The van der Waals surface area contributed by atoms with E-state index in [-0.39, 0.29) is 26.1 Å². The fraction of sp³-hybridized carbons (Fsp3) is 0.135. The number of rotatable bonds is 6. The summed E-state index contributed by atoms with van der Waals surface area (Å²) < 4.78 is 0. The molecule has 6 nitrogen and oxygen atoms in total. The Labute approximate surface area is 357 Å². The molecule has 0 unspecified atom stereocenters. The third-order valence-corrected chi connectivity index (χ3v) is 11.2. The molecule has 5 heterocycles. The summed E-state index contributed by atoms with van der Waals surface area (Å²) in [6.07, 6.45) is 9.18. The van der Waals surface area contributed by atoms with Crippen molar-refractivity contribution in [3.8, 4) is 44.5 Å². The maximum absolute atomic E-state index is 11.7. The van der Waals surface area contributed by atoms with Gasteiger partial charge in [0.1, 0.15) is 6.29 Å². The van der Waals surface area contributed by atoms with Crippen LogP contribution in [-0.2, 0) is 26.1 Å². The van der Waals surface area contributed by atoms with Gasteiger partial charge in [0.2, 0.25) is 0 Å². The van der Waals surface area contributed by atoms with Crippen molar-refractivity contribution >= 4 is 52.7 Å². The molecule has 7 aromatic rings. The van der Waals surface area contributed by atoms with Gasteiger partial charge in [-0.1, -0.05) is 108 Å². The van der Waals surface area contributed by atoms with Crippen molar-refractivity contribution in [2.75, 3.05) is 0 Å². The van der Waals surface area contributed by atoms with E-state index in [2.05, 4.69) is 114 Å². The van der Waals surface area contributed by atoms with Gasteiger partial charge in [-0.15, -0.1) is 22.1 Å². The number of aromatic nitrogens is 4. The van der Waals surface area contributed by atoms with Crippen molar-refractivity contribution in [2.24, 2.45) is 0 Å². The molecule has 0 atom stereocenters. The summed E-state index contributed by atoms with van der Waals surface area (Å²) in [4.78, 5) is 33.4. The molecule has 59 heavy (non-hydrogen) atoms. The fourth-order valence-corrected chi connectivity index (χ4v) is 8.85. The Balaban J connectivity index is 0.00000484. The Kier molecular flexibility index (Phi) is 10.6. The Morgan fingerprint density at radius 1 is 0.475 bits per heavy atom. The summed E-state index contributed by atoms with van der Waals surface area (Å²) in [6, 6.07) is 32.8. The average molecular weight is 820 g/mol. The molecule has 0 spiro atoms. The number of aliphatic hydroxyl groups is 1. The number of aryl methyl sites for hydroxylation is 6. The molecule has 2 aliphatic rings. The SMILES string of the molecule is Cc1cc(C)c(-c2c3nc(c(-c4ccc(CO)cc4)c4ccc([n-]4)c(-c4c(C)cc(C)cc4C)c4nc(c(-c5ccc(C=O)cc5)c5ccc2[n-]5)C=C4)C=C3)c(C)c1.[Zn+2]. The zero-order chi connectivity index (χ0) is 40.2. The molecule has 0 saturated carbocycles. The summed E-state index contributed by atoms with van der Waals surface area (Å²) in [5.41, 5.74) is 22.4. The first-order chi connectivity index (χ1) is 28.1. The van der Waals surface area contributed by atoms with Gasteiger partial charge < -0.3 is 15.1 Å². The Hall–Kier alpha value is -6.27. The monoisotopic (exact) mass is 818 g/mol. The number of carbonyl (C=O) groups excluding carboxylic acids is 1. The van der Waals surface area contributed by atoms with Gasteiger partial charge in [0, 0.05) is 5.56 Å². The van der Waals surface area contributed by atoms with Gasteiger partial charge in [-0.25, -0.2) is 9.97 Å². The molecule has 0 fully saturated rings. The van der Waals surface area contributed by atoms with Crippen LogP contribution in [0.5, 0.6) is 0 Å². The van der Waals surface area contributed by atoms with Crippen LogP contribution in [0.4, 0.5) is 0 Å². The summed E-state index contributed by atoms with van der Waals surface area (Å²) in [7, 11) is 0. The van der Waals surface area contributed by atoms with Crippen LogP contribution in [0.15, 0.2) is 97.1 Å². The van der Waals surface area contributed by atoms with Crippen LogP contribution < -0.4 is 9.97 Å². The van der Waals surface area contributed by atoms with Crippen molar-refractivity contribution in [3.05, 3.63) is 164 Å². The largest absolute Gasteiger partial charge is 2.00 e. The van der Waals surface area contributed by atoms with Crippen molar-refractivity contribution < 1.29 is 29.4 Å². The van der Waals surface area contributed by atoms with E-state index in [1.165, 1.54) is 11.1 Å². The van der Waals surface area contributed by atoms with Crippen LogP contribution in [0.2, 0.25) is 0 Å². The number of aldehydes is 1. The zero-order valence-corrected chi connectivity index (χ0v) is 37.2. The van der Waals surface area contributed by atoms with E-state index in [0.29, 0.717) is 5.56 Å². The van der Waals surface area contributed by atoms with Crippen LogP contribution in [0, 0.1) is 41.5 Å². The van der Waals surface area contributed by atoms with Gasteiger partial charge in [0.15, 0.2) is 0 Å². The van der Waals surface area contributed by atoms with Crippen molar-refractivity contribution in [1.82, 2.24) is 19.9 Å². The molecule has 7 heteroatoms. The van der Waals surface area contributed by atoms with Crippen LogP contribution in [-0.4, -0.2) is 21.4 Å². The minimum atomic E-state index is -0.0409. The van der Waals surface area contributed by atoms with Gasteiger partial charge in [-0.2, -0.15) is 0 Å². The Morgan fingerprint density at radius 3 is 1.17 bits per heavy atom. The van der Waals surface area contributed by atoms with Crippen LogP contribution >= 0.6 is 0 Å². The van der Waals surface area contributed by atoms with E-state index in [0.717, 1.165) is 123 Å². The maximum Gasteiger partial charge on any atom is 2.00 e. The number of nitrogens with zero attached hydrogens (tertiary/aromatic N) is 4. The second-order valence-corrected chi connectivity index (χ2v) is 15.5. The standard InChI is InChI=1S/C52H43N4O2.Zn/c1-29-23-31(3)47(32(4)24-29)51-43-19-15-39(53-43)49(37-11-7-35(27-57)8-12-37)41-17-21-45(55-41)52(48-33(5)25-30(2)26-34(48)6)46-22-18-42(56-46)50(40-16-20-44(51)54-40)38-13-9-36(28-58)10-14-38;/h7-27,58H,28H2,1-6H3,(H-,53,54,55,56,57);/q-1;+2/p-1. The van der Waals surface area contributed by atoms with E-state index < -0.39 is 0 Å². The molecular formula is C52H42N4O2Zn. The molecule has 9 rings (SSSR count). The fourth-order valence-electron chi connectivity index (χ4n) is 8.85. The smallest absolute Gasteiger partial charge is 0.657 e. The first-order valence-electron chi connectivity index (χ1n) is 19.6. The molecule has 0 saturated heterocycles. The molecule has 284 valence electrons. The van der Waals surface area contributed by atoms with Crippen molar-refractivity contribution in [2.45, 2.75) is 48.1 Å². The van der Waals surface area contributed by atoms with Crippen LogP contribution in [0.1, 0.15) is 72.1 Å². The number of aliphatic hydroxyl groups excluding tert-OH is 1. The summed E-state index contributed by atoms with van der Waals surface area (Å²) >= 11 is 0. The molecule has 0 amide bonds. The van der Waals surface area contributed by atoms with Gasteiger partial charge >= 0.3 is 19.5 Å². The summed E-state index contributed by atoms with van der Waals surface area (Å²) in [5, 5.41) is 9.91. The first-order valence-corrected chi connectivity index (χ1v) is 19.6. The quantitative estimate of drug-likeness (QED) is 0.133. The molecule has 2 aliphatic heterocycles. The van der Waals surface area contributed by atoms with E-state index in [4.69, 9.17) is 19.9 Å². The Bertz CT molecular complexity index is 2950. The van der Waals surface area contributed by atoms with Crippen LogP contribution in [0.3, 0.4) is 0 Å². The molecule has 0 radical (unpaired) electrons. The molecular weight excluding hydrogens is 778 g/mol. The number of hydrogen-bond donors (Lipinski definition) is 1. The molecule has 8 bridgehead atoms. The first kappa shape index (κ1) is 39.6. The number of fused-ring (bicyclic) bond motifs is 8. The number of carbonyl (C=O) groups is 1. The average Bonchev–Trinajstić information content (AvgIpc) is 4.05. The molecule has 1 N–H and O–H groups in total. The Morgan fingerprint density at radius 2 is 0.814 bits per heavy atom. The van der Waals surface area contributed by atoms with Crippen molar-refractivity contribution in [3.63, 3.8) is 0 Å². The molecule has 4 aromatic carbocycles. The van der Waals surface area contributed by atoms with Gasteiger partial charge in [-0.3, -0.25) is 4.79 Å². The third kappa shape index (κ3) is 7.15. The van der Waals surface area contributed by atoms with E-state index >= 15 is 0 Å². The van der Waals surface area contributed by atoms with Gasteiger partial charge in [-0.05, 0) is 138 Å². The normalized spacial score (nSPS) is 11.8. The van der Waals surface area contributed by atoms with E-state index in [1.807, 2.05) is 48.5 Å². The minimum absolute atomic E-state index is 0. The predicted octanol–water partition coefficient (Wildman–Crippen LogP) is 11.7. The molecule has 0 aliphatic carbocycles. The minimum Gasteiger partial charge on any atom is -0.657 e. The predicted molar refractivity (Wildman–Crippen MR) is 238 cm³/mol. The number of hydrogen-bond acceptors (Lipinski definition) is 4. The number of benzene rings is 4. The molecule has 3 aromatic heterocycles. The van der Waals surface area contributed by atoms with Crippen LogP contribution in [0.25, 0.3) is 90.9 Å².